The maximum Gasteiger partial charge on any atom is 0.138 e. The van der Waals surface area contributed by atoms with Crippen molar-refractivity contribution in [2.75, 3.05) is 26.4 Å². The number of carbonyl (C=O) groups is 1. The molecule has 2 saturated heterocycles. The van der Waals surface area contributed by atoms with E-state index in [0.717, 1.165) is 19.4 Å². The number of piperidine rings is 2. The van der Waals surface area contributed by atoms with Gasteiger partial charge in [-0.3, -0.25) is 9.69 Å². The van der Waals surface area contributed by atoms with Gasteiger partial charge in [-0.2, -0.15) is 0 Å². The lowest BCUT2D eigenvalue weighted by Gasteiger charge is -2.48. The zero-order chi connectivity index (χ0) is 18.2. The van der Waals surface area contributed by atoms with Gasteiger partial charge in [0.2, 0.25) is 0 Å². The standard InChI is InChI=1S/C22H33NO3/c1-2-25-13-14-26-12-11-22(24)19-15-20-9-6-10-21(16-19)23(20)17-18-7-4-3-5-8-18/h3-5,7-8,19-21H,2,6,9-17H2,1H3. The van der Waals surface area contributed by atoms with E-state index < -0.39 is 0 Å². The molecule has 0 aliphatic carbocycles. The lowest BCUT2D eigenvalue weighted by atomic mass is 9.76. The molecule has 0 saturated carbocycles. The van der Waals surface area contributed by atoms with Crippen LogP contribution >= 0.6 is 0 Å². The first kappa shape index (κ1) is 19.5. The van der Waals surface area contributed by atoms with Gasteiger partial charge in [-0.05, 0) is 38.2 Å². The Bertz CT molecular complexity index is 534. The van der Waals surface area contributed by atoms with Crippen LogP contribution in [0.5, 0.6) is 0 Å². The van der Waals surface area contributed by atoms with Crippen LogP contribution in [-0.2, 0) is 20.8 Å². The van der Waals surface area contributed by atoms with Crippen LogP contribution in [-0.4, -0.2) is 49.2 Å². The maximum absolute atomic E-state index is 12.7. The van der Waals surface area contributed by atoms with Gasteiger partial charge in [0.05, 0.1) is 19.8 Å². The first-order valence-electron chi connectivity index (χ1n) is 10.3. The number of hydrogen-bond donors (Lipinski definition) is 0. The molecular weight excluding hydrogens is 326 g/mol. The highest BCUT2D eigenvalue weighted by molar-refractivity contribution is 5.81. The van der Waals surface area contributed by atoms with E-state index in [9.17, 15) is 4.79 Å². The van der Waals surface area contributed by atoms with Crippen LogP contribution in [0.2, 0.25) is 0 Å². The Labute approximate surface area is 157 Å². The van der Waals surface area contributed by atoms with Gasteiger partial charge in [0.1, 0.15) is 5.78 Å². The predicted molar refractivity (Wildman–Crippen MR) is 103 cm³/mol. The Kier molecular flexibility index (Phi) is 7.66. The molecule has 0 amide bonds. The number of Topliss-reactive ketones (excluding diaryl/α,β-unsaturated/α-hetero) is 1. The SMILES string of the molecule is CCOCCOCCC(=O)C1CC2CCCC(C1)N2Cc1ccccc1. The van der Waals surface area contributed by atoms with Crippen molar-refractivity contribution in [2.45, 2.75) is 64.1 Å². The van der Waals surface area contributed by atoms with E-state index in [1.807, 2.05) is 6.92 Å². The van der Waals surface area contributed by atoms with Crippen molar-refractivity contribution in [1.82, 2.24) is 4.90 Å². The summed E-state index contributed by atoms with van der Waals surface area (Å²) < 4.78 is 10.8. The van der Waals surface area contributed by atoms with Crippen LogP contribution in [0.25, 0.3) is 0 Å². The minimum absolute atomic E-state index is 0.229. The summed E-state index contributed by atoms with van der Waals surface area (Å²) in [5, 5.41) is 0. The molecule has 3 rings (SSSR count). The molecule has 2 aliphatic heterocycles. The summed E-state index contributed by atoms with van der Waals surface area (Å²) in [5.74, 6) is 0.630. The third-order valence-electron chi connectivity index (χ3n) is 5.86. The fourth-order valence-corrected chi connectivity index (χ4v) is 4.53. The van der Waals surface area contributed by atoms with Crippen molar-refractivity contribution in [3.05, 3.63) is 35.9 Å². The first-order valence-corrected chi connectivity index (χ1v) is 10.3. The molecule has 1 aromatic carbocycles. The van der Waals surface area contributed by atoms with Gasteiger partial charge >= 0.3 is 0 Å². The molecule has 4 heteroatoms. The molecule has 2 unspecified atom stereocenters. The molecule has 4 nitrogen and oxygen atoms in total. The molecule has 0 N–H and O–H groups in total. The molecule has 2 aliphatic rings. The lowest BCUT2D eigenvalue weighted by Crippen LogP contribution is -2.52. The smallest absolute Gasteiger partial charge is 0.138 e. The van der Waals surface area contributed by atoms with Gasteiger partial charge in [0.25, 0.3) is 0 Å². The normalized spacial score (nSPS) is 26.0. The molecule has 2 bridgehead atoms. The monoisotopic (exact) mass is 359 g/mol. The van der Waals surface area contributed by atoms with E-state index in [4.69, 9.17) is 9.47 Å². The fourth-order valence-electron chi connectivity index (χ4n) is 4.53. The van der Waals surface area contributed by atoms with Crippen molar-refractivity contribution >= 4 is 5.78 Å². The van der Waals surface area contributed by atoms with Gasteiger partial charge in [-0.1, -0.05) is 36.8 Å². The highest BCUT2D eigenvalue weighted by Crippen LogP contribution is 2.38. The van der Waals surface area contributed by atoms with Crippen LogP contribution in [0.15, 0.2) is 30.3 Å². The third-order valence-corrected chi connectivity index (χ3v) is 5.86. The molecule has 2 fully saturated rings. The van der Waals surface area contributed by atoms with Gasteiger partial charge in [0, 0.05) is 37.6 Å². The van der Waals surface area contributed by atoms with E-state index in [-0.39, 0.29) is 5.92 Å². The maximum atomic E-state index is 12.7. The Morgan fingerprint density at radius 2 is 1.73 bits per heavy atom. The summed E-state index contributed by atoms with van der Waals surface area (Å²) in [5.41, 5.74) is 1.39. The average molecular weight is 360 g/mol. The van der Waals surface area contributed by atoms with Gasteiger partial charge in [-0.15, -0.1) is 0 Å². The topological polar surface area (TPSA) is 38.8 Å². The highest BCUT2D eigenvalue weighted by atomic mass is 16.5. The van der Waals surface area contributed by atoms with Gasteiger partial charge in [-0.25, -0.2) is 0 Å². The van der Waals surface area contributed by atoms with E-state index in [0.29, 0.717) is 50.7 Å². The second-order valence-corrected chi connectivity index (χ2v) is 7.59. The number of hydrogen-bond acceptors (Lipinski definition) is 4. The highest BCUT2D eigenvalue weighted by Gasteiger charge is 2.40. The largest absolute Gasteiger partial charge is 0.379 e. The van der Waals surface area contributed by atoms with E-state index in [1.54, 1.807) is 0 Å². The molecule has 0 spiro atoms. The molecule has 2 heterocycles. The van der Waals surface area contributed by atoms with Crippen molar-refractivity contribution in [3.8, 4) is 0 Å². The average Bonchev–Trinajstić information content (AvgIpc) is 2.65. The number of carbonyl (C=O) groups excluding carboxylic acids is 1. The number of rotatable bonds is 10. The molecule has 1 aromatic rings. The van der Waals surface area contributed by atoms with Crippen LogP contribution in [0.1, 0.15) is 51.0 Å². The lowest BCUT2D eigenvalue weighted by molar-refractivity contribution is -0.128. The zero-order valence-electron chi connectivity index (χ0n) is 16.1. The number of nitrogens with zero attached hydrogens (tertiary/aromatic N) is 1. The molecule has 144 valence electrons. The zero-order valence-corrected chi connectivity index (χ0v) is 16.1. The van der Waals surface area contributed by atoms with Crippen molar-refractivity contribution in [2.24, 2.45) is 5.92 Å². The fraction of sp³-hybridized carbons (Fsp3) is 0.682. The molecule has 0 aromatic heterocycles. The first-order chi connectivity index (χ1) is 12.8. The van der Waals surface area contributed by atoms with E-state index in [2.05, 4.69) is 35.2 Å². The minimum Gasteiger partial charge on any atom is -0.379 e. The second kappa shape index (κ2) is 10.2. The quantitative estimate of drug-likeness (QED) is 0.595. The number of benzene rings is 1. The Balaban J connectivity index is 1.47. The minimum atomic E-state index is 0.229. The molecule has 26 heavy (non-hydrogen) atoms. The van der Waals surface area contributed by atoms with Crippen molar-refractivity contribution < 1.29 is 14.3 Å². The van der Waals surface area contributed by atoms with Crippen molar-refractivity contribution in [1.29, 1.82) is 0 Å². The second-order valence-electron chi connectivity index (χ2n) is 7.59. The van der Waals surface area contributed by atoms with Crippen LogP contribution in [0, 0.1) is 5.92 Å². The molecular formula is C22H33NO3. The van der Waals surface area contributed by atoms with Crippen molar-refractivity contribution in [3.63, 3.8) is 0 Å². The summed E-state index contributed by atoms with van der Waals surface area (Å²) in [6.45, 7) is 5.45. The van der Waals surface area contributed by atoms with Crippen LogP contribution < -0.4 is 0 Å². The Hall–Kier alpha value is -1.23. The number of ketones is 1. The van der Waals surface area contributed by atoms with Crippen LogP contribution in [0.4, 0.5) is 0 Å². The summed E-state index contributed by atoms with van der Waals surface area (Å²) in [6.07, 6.45) is 6.38. The predicted octanol–water partition coefficient (Wildman–Crippen LogP) is 3.83. The number of fused-ring (bicyclic) bond motifs is 2. The third kappa shape index (κ3) is 5.38. The Morgan fingerprint density at radius 3 is 2.42 bits per heavy atom. The summed E-state index contributed by atoms with van der Waals surface area (Å²) in [6, 6.07) is 11.9. The van der Waals surface area contributed by atoms with Crippen LogP contribution in [0.3, 0.4) is 0 Å². The van der Waals surface area contributed by atoms with Gasteiger partial charge in [0.15, 0.2) is 0 Å². The summed E-state index contributed by atoms with van der Waals surface area (Å²) in [4.78, 5) is 15.3. The molecule has 2 atom stereocenters. The number of ether oxygens (including phenoxy) is 2. The Morgan fingerprint density at radius 1 is 1.04 bits per heavy atom. The van der Waals surface area contributed by atoms with Gasteiger partial charge < -0.3 is 9.47 Å². The van der Waals surface area contributed by atoms with E-state index >= 15 is 0 Å². The van der Waals surface area contributed by atoms with E-state index in [1.165, 1.54) is 24.8 Å². The summed E-state index contributed by atoms with van der Waals surface area (Å²) >= 11 is 0. The molecule has 0 radical (unpaired) electrons. The summed E-state index contributed by atoms with van der Waals surface area (Å²) in [7, 11) is 0.